The number of rotatable bonds is 3. The van der Waals surface area contributed by atoms with Gasteiger partial charge in [-0.25, -0.2) is 0 Å². The van der Waals surface area contributed by atoms with Crippen molar-refractivity contribution in [2.75, 3.05) is 11.9 Å². The normalized spacial score (nSPS) is 25.8. The van der Waals surface area contributed by atoms with E-state index in [0.29, 0.717) is 17.7 Å². The highest BCUT2D eigenvalue weighted by molar-refractivity contribution is 6.22. The average Bonchev–Trinajstić information content (AvgIpc) is 3.22. The van der Waals surface area contributed by atoms with Crippen molar-refractivity contribution in [3.63, 3.8) is 0 Å². The Morgan fingerprint density at radius 2 is 0.974 bits per heavy atom. The zero-order chi connectivity index (χ0) is 28.7. The summed E-state index contributed by atoms with van der Waals surface area (Å²) in [5.41, 5.74) is -6.22. The lowest BCUT2D eigenvalue weighted by Gasteiger charge is -2.38. The van der Waals surface area contributed by atoms with E-state index in [0.717, 1.165) is 46.2 Å². The van der Waals surface area contributed by atoms with Gasteiger partial charge in [-0.1, -0.05) is 42.0 Å². The molecule has 206 valence electrons. The minimum absolute atomic E-state index is 0.0396. The number of hydrogen-bond acceptors (Lipinski definition) is 4. The van der Waals surface area contributed by atoms with Crippen LogP contribution in [0.15, 0.2) is 48.5 Å². The van der Waals surface area contributed by atoms with E-state index < -0.39 is 76.2 Å². The number of hydrogen-bond donors (Lipinski definition) is 0. The zero-order valence-electron chi connectivity index (χ0n) is 20.6. The number of benzene rings is 2. The number of aryl methyl sites for hydroxylation is 1. The molecule has 0 bridgehead atoms. The Labute approximate surface area is 218 Å². The molecule has 0 spiro atoms. The van der Waals surface area contributed by atoms with Crippen LogP contribution in [0.4, 0.5) is 32.0 Å². The van der Waals surface area contributed by atoms with Crippen LogP contribution in [0.2, 0.25) is 0 Å². The third-order valence-electron chi connectivity index (χ3n) is 8.25. The first-order chi connectivity index (χ1) is 18.1. The minimum Gasteiger partial charge on any atom is -0.285 e. The molecule has 2 saturated heterocycles. The zero-order valence-corrected chi connectivity index (χ0v) is 20.6. The van der Waals surface area contributed by atoms with Gasteiger partial charge in [0.1, 0.15) is 0 Å². The molecule has 4 amide bonds. The third kappa shape index (κ3) is 3.70. The Balaban J connectivity index is 1.52. The van der Waals surface area contributed by atoms with Crippen molar-refractivity contribution in [2.24, 2.45) is 23.7 Å². The first kappa shape index (κ1) is 26.9. The summed E-state index contributed by atoms with van der Waals surface area (Å²) in [6, 6.07) is 6.87. The summed E-state index contributed by atoms with van der Waals surface area (Å²) < 4.78 is 86.3. The highest BCUT2D eigenvalue weighted by atomic mass is 19.4. The molecule has 6 nitrogen and oxygen atoms in total. The van der Waals surface area contributed by atoms with E-state index >= 15 is 0 Å². The summed E-state index contributed by atoms with van der Waals surface area (Å²) in [6.45, 7) is 1.53. The molecular formula is C27H22F6N2O4. The van der Waals surface area contributed by atoms with Crippen LogP contribution in [0.1, 0.15) is 29.5 Å². The van der Waals surface area contributed by atoms with E-state index in [-0.39, 0.29) is 18.5 Å². The number of halogens is 6. The van der Waals surface area contributed by atoms with E-state index in [1.165, 1.54) is 14.0 Å². The van der Waals surface area contributed by atoms with Crippen molar-refractivity contribution < 1.29 is 45.5 Å². The van der Waals surface area contributed by atoms with Crippen LogP contribution in [0.5, 0.6) is 0 Å². The van der Waals surface area contributed by atoms with Crippen LogP contribution in [-0.4, -0.2) is 47.9 Å². The molecule has 0 aromatic heterocycles. The van der Waals surface area contributed by atoms with E-state index in [1.54, 1.807) is 0 Å². The van der Waals surface area contributed by atoms with Gasteiger partial charge in [-0.15, -0.1) is 0 Å². The second-order valence-electron chi connectivity index (χ2n) is 10.3. The monoisotopic (exact) mass is 552 g/mol. The fourth-order valence-electron chi connectivity index (χ4n) is 6.24. The quantitative estimate of drug-likeness (QED) is 0.414. The molecule has 1 saturated carbocycles. The van der Waals surface area contributed by atoms with Crippen LogP contribution < -0.4 is 4.90 Å². The molecule has 3 fully saturated rings. The Bertz CT molecular complexity index is 1310. The van der Waals surface area contributed by atoms with Gasteiger partial charge in [0, 0.05) is 7.05 Å². The maximum atomic E-state index is 14.4. The molecule has 2 heterocycles. The number of likely N-dealkylation sites (tertiary alicyclic amines) is 1. The number of amides is 4. The lowest BCUT2D eigenvalue weighted by molar-refractivity contribution is -0.288. The number of anilines is 1. The number of carbonyl (C=O) groups excluding carboxylic acids is 4. The fourth-order valence-corrected chi connectivity index (χ4v) is 6.24. The highest BCUT2D eigenvalue weighted by Crippen LogP contribution is 2.56. The van der Waals surface area contributed by atoms with Gasteiger partial charge >= 0.3 is 12.4 Å². The van der Waals surface area contributed by atoms with E-state index in [1.807, 2.05) is 0 Å². The average molecular weight is 552 g/mol. The molecule has 1 aliphatic carbocycles. The molecule has 39 heavy (non-hydrogen) atoms. The summed E-state index contributed by atoms with van der Waals surface area (Å²) in [5, 5.41) is 0. The lowest BCUT2D eigenvalue weighted by atomic mass is 9.70. The van der Waals surface area contributed by atoms with E-state index in [2.05, 4.69) is 0 Å². The maximum absolute atomic E-state index is 14.4. The number of carbonyl (C=O) groups is 4. The van der Waals surface area contributed by atoms with Gasteiger partial charge in [-0.05, 0) is 43.0 Å². The smallest absolute Gasteiger partial charge is 0.285 e. The van der Waals surface area contributed by atoms with Crippen molar-refractivity contribution >= 4 is 29.3 Å². The molecule has 0 N–H and O–H groups in total. The Morgan fingerprint density at radius 1 is 0.615 bits per heavy atom. The van der Waals surface area contributed by atoms with Crippen LogP contribution >= 0.6 is 0 Å². The van der Waals surface area contributed by atoms with Crippen LogP contribution in [0, 0.1) is 30.6 Å². The maximum Gasteiger partial charge on any atom is 0.411 e. The first-order valence-corrected chi connectivity index (χ1v) is 12.1. The highest BCUT2D eigenvalue weighted by Gasteiger charge is 2.72. The summed E-state index contributed by atoms with van der Waals surface area (Å²) in [4.78, 5) is 52.9. The second-order valence-corrected chi connectivity index (χ2v) is 10.3. The van der Waals surface area contributed by atoms with Gasteiger partial charge in [0.25, 0.3) is 0 Å². The van der Waals surface area contributed by atoms with Crippen molar-refractivity contribution in [2.45, 2.75) is 37.5 Å². The molecule has 0 radical (unpaired) electrons. The second kappa shape index (κ2) is 8.65. The number of fused-ring (bicyclic) bond motifs is 2. The number of alkyl halides is 6. The SMILES string of the molecule is Cc1ccc(C(c2ccc(N3C(=O)C4CC5C(=O)N(C)C(=O)C5CC4C3=O)cc2)(C(F)(F)F)C(F)(F)F)cc1. The first-order valence-electron chi connectivity index (χ1n) is 12.1. The molecule has 2 aromatic carbocycles. The van der Waals surface area contributed by atoms with Gasteiger partial charge in [-0.3, -0.25) is 29.0 Å². The Hall–Kier alpha value is -3.70. The summed E-state index contributed by atoms with van der Waals surface area (Å²) in [6.07, 6.45) is -11.6. The van der Waals surface area contributed by atoms with Gasteiger partial charge < -0.3 is 0 Å². The van der Waals surface area contributed by atoms with Crippen molar-refractivity contribution in [3.05, 3.63) is 65.2 Å². The largest absolute Gasteiger partial charge is 0.411 e. The van der Waals surface area contributed by atoms with E-state index in [4.69, 9.17) is 0 Å². The summed E-state index contributed by atoms with van der Waals surface area (Å²) in [5.74, 6) is -5.65. The molecule has 2 aliphatic heterocycles. The van der Waals surface area contributed by atoms with Crippen LogP contribution in [-0.2, 0) is 24.6 Å². The Kier molecular flexibility index (Phi) is 5.97. The number of imide groups is 2. The van der Waals surface area contributed by atoms with Gasteiger partial charge in [-0.2, -0.15) is 26.3 Å². The topological polar surface area (TPSA) is 74.8 Å². The van der Waals surface area contributed by atoms with Crippen molar-refractivity contribution in [1.29, 1.82) is 0 Å². The van der Waals surface area contributed by atoms with Crippen molar-refractivity contribution in [1.82, 2.24) is 4.90 Å². The fraction of sp³-hybridized carbons (Fsp3) is 0.407. The standard InChI is InChI=1S/C27H22F6N2O4/c1-13-3-5-14(6-4-13)25(26(28,29)30,27(31,32)33)15-7-9-16(10-8-15)35-23(38)19-11-17-18(12-20(19)24(35)39)22(37)34(2)21(17)36/h3-10,17-20H,11-12H2,1-2H3. The predicted molar refractivity (Wildman–Crippen MR) is 124 cm³/mol. The lowest BCUT2D eigenvalue weighted by Crippen LogP contribution is -2.54. The van der Waals surface area contributed by atoms with Gasteiger partial charge in [0.15, 0.2) is 0 Å². The van der Waals surface area contributed by atoms with Gasteiger partial charge in [0.2, 0.25) is 29.0 Å². The molecule has 4 unspecified atom stereocenters. The van der Waals surface area contributed by atoms with Crippen molar-refractivity contribution in [3.8, 4) is 0 Å². The summed E-state index contributed by atoms with van der Waals surface area (Å²) >= 11 is 0. The van der Waals surface area contributed by atoms with Crippen LogP contribution in [0.25, 0.3) is 0 Å². The summed E-state index contributed by atoms with van der Waals surface area (Å²) in [7, 11) is 1.33. The van der Waals surface area contributed by atoms with Gasteiger partial charge in [0.05, 0.1) is 29.4 Å². The molecule has 3 aliphatic rings. The predicted octanol–water partition coefficient (Wildman–Crippen LogP) is 4.54. The minimum atomic E-state index is -5.78. The molecule has 12 heteroatoms. The molecular weight excluding hydrogens is 530 g/mol. The molecule has 5 rings (SSSR count). The number of nitrogens with zero attached hydrogens (tertiary/aromatic N) is 2. The van der Waals surface area contributed by atoms with Crippen LogP contribution in [0.3, 0.4) is 0 Å². The third-order valence-corrected chi connectivity index (χ3v) is 8.25. The van der Waals surface area contributed by atoms with E-state index in [9.17, 15) is 45.5 Å². The molecule has 2 aromatic rings. The Morgan fingerprint density at radius 3 is 1.36 bits per heavy atom. The molecule has 4 atom stereocenters.